The van der Waals surface area contributed by atoms with Gasteiger partial charge in [-0.3, -0.25) is 0 Å². The summed E-state index contributed by atoms with van der Waals surface area (Å²) in [4.78, 5) is 0. The highest BCUT2D eigenvalue weighted by atomic mass is 19.2. The number of nitriles is 2. The van der Waals surface area contributed by atoms with E-state index in [0.29, 0.717) is 48.3 Å². The molecule has 0 radical (unpaired) electrons. The van der Waals surface area contributed by atoms with Crippen LogP contribution in [0.25, 0.3) is 0 Å². The zero-order valence-electron chi connectivity index (χ0n) is 35.9. The highest BCUT2D eigenvalue weighted by Crippen LogP contribution is 2.65. The average molecular weight is 813 g/mol. The third-order valence-corrected chi connectivity index (χ3v) is 16.1. The van der Waals surface area contributed by atoms with Crippen LogP contribution in [0, 0.1) is 92.5 Å². The first-order valence-electron chi connectivity index (χ1n) is 21.7. The normalized spacial score (nSPS) is 33.7. The maximum Gasteiger partial charge on any atom is 0.175 e. The lowest BCUT2D eigenvalue weighted by Crippen LogP contribution is -2.50. The Morgan fingerprint density at radius 1 is 0.600 bits per heavy atom. The van der Waals surface area contributed by atoms with Crippen LogP contribution in [0.15, 0.2) is 48.5 Å². The van der Waals surface area contributed by atoms with Crippen LogP contribution in [-0.2, 0) is 12.8 Å². The maximum atomic E-state index is 15.7. The van der Waals surface area contributed by atoms with Crippen LogP contribution in [0.2, 0.25) is 0 Å². The molecule has 0 unspecified atom stereocenters. The molecule has 4 saturated carbocycles. The van der Waals surface area contributed by atoms with Crippen molar-refractivity contribution in [2.24, 2.45) is 34.5 Å². The van der Waals surface area contributed by atoms with Gasteiger partial charge in [0.25, 0.3) is 0 Å². The van der Waals surface area contributed by atoms with Crippen molar-refractivity contribution in [3.05, 3.63) is 93.5 Å². The van der Waals surface area contributed by atoms with Crippen molar-refractivity contribution in [3.8, 4) is 47.3 Å². The van der Waals surface area contributed by atoms with Crippen molar-refractivity contribution < 1.29 is 28.5 Å². The molecule has 6 aliphatic rings. The van der Waals surface area contributed by atoms with E-state index < -0.39 is 33.7 Å². The Labute approximate surface area is 355 Å². The molecule has 60 heavy (non-hydrogen) atoms. The maximum absolute atomic E-state index is 15.7. The van der Waals surface area contributed by atoms with Gasteiger partial charge in [0.05, 0.1) is 37.5 Å². The summed E-state index contributed by atoms with van der Waals surface area (Å²) in [5, 5.41) is 38.9. The lowest BCUT2D eigenvalue weighted by molar-refractivity contribution is -0.0648. The van der Waals surface area contributed by atoms with Crippen molar-refractivity contribution in [3.63, 3.8) is 0 Å². The van der Waals surface area contributed by atoms with E-state index in [4.69, 9.17) is 20.0 Å². The molecule has 2 N–H and O–H groups in total. The number of fused-ring (bicyclic) bond motifs is 10. The topological polar surface area (TPSA) is 107 Å². The molecule has 10 atom stereocenters. The van der Waals surface area contributed by atoms with E-state index in [1.807, 2.05) is 0 Å². The summed E-state index contributed by atoms with van der Waals surface area (Å²) >= 11 is 0. The van der Waals surface area contributed by atoms with Gasteiger partial charge in [0, 0.05) is 24.7 Å². The summed E-state index contributed by atoms with van der Waals surface area (Å²) in [5.41, 5.74) is 1.99. The third-order valence-electron chi connectivity index (χ3n) is 16.1. The molecule has 0 heterocycles. The smallest absolute Gasteiger partial charge is 0.175 e. The Kier molecular flexibility index (Phi) is 12.2. The fourth-order valence-corrected chi connectivity index (χ4v) is 12.9. The summed E-state index contributed by atoms with van der Waals surface area (Å²) in [6, 6.07) is 19.4. The van der Waals surface area contributed by atoms with Crippen molar-refractivity contribution in [2.75, 3.05) is 14.2 Å². The Bertz CT molecular complexity index is 2180. The minimum atomic E-state index is -1.28. The van der Waals surface area contributed by atoms with Crippen LogP contribution in [0.1, 0.15) is 137 Å². The van der Waals surface area contributed by atoms with Crippen LogP contribution < -0.4 is 9.47 Å². The molecule has 6 aliphatic carbocycles. The summed E-state index contributed by atoms with van der Waals surface area (Å²) in [5.74, 6) is 14.0. The van der Waals surface area contributed by atoms with Crippen molar-refractivity contribution in [2.45, 2.75) is 128 Å². The standard InChI is InChI=1S/C48H52F2O4.2C2H3N/c1-45-21-17-37-35-13-9-33(53-3)27-31(35)7-11-39(37)41(45)19-25-47(45,51)23-15-29-5-6-30(44(50)43(29)49)16-24-48(52)26-20-42-40-12-8-32-28-34(54-4)10-14-36(32)38(40)18-22-46(42,48)2;2*1-2-3/h5-6,9-10,13-14,27-28,37-42,51-52H,7-8,11-12,17-22,25-26H2,1-4H3;2*1H3/t37-,38-,39-,40-,41+,42+,45+,46+,47+,48+;;/m1../s1. The summed E-state index contributed by atoms with van der Waals surface area (Å²) in [6.07, 6.45) is 10.5. The molecular formula is C52H58F2N2O4. The first-order chi connectivity index (χ1) is 28.7. The van der Waals surface area contributed by atoms with Crippen molar-refractivity contribution in [1.82, 2.24) is 0 Å². The number of methoxy groups -OCH3 is 2. The van der Waals surface area contributed by atoms with Gasteiger partial charge < -0.3 is 19.7 Å². The van der Waals surface area contributed by atoms with Gasteiger partial charge in [-0.1, -0.05) is 49.7 Å². The number of hydrogen-bond donors (Lipinski definition) is 2. The first-order valence-corrected chi connectivity index (χ1v) is 21.7. The van der Waals surface area contributed by atoms with E-state index in [9.17, 15) is 10.2 Å². The molecule has 314 valence electrons. The summed E-state index contributed by atoms with van der Waals surface area (Å²) in [6.45, 7) is 7.18. The van der Waals surface area contributed by atoms with Gasteiger partial charge >= 0.3 is 0 Å². The Morgan fingerprint density at radius 3 is 1.35 bits per heavy atom. The van der Waals surface area contributed by atoms with Crippen molar-refractivity contribution >= 4 is 0 Å². The molecule has 3 aromatic rings. The Balaban J connectivity index is 0.000000858. The molecule has 0 aromatic heterocycles. The molecule has 0 saturated heterocycles. The average Bonchev–Trinajstić information content (AvgIpc) is 3.68. The Morgan fingerprint density at radius 2 is 0.983 bits per heavy atom. The van der Waals surface area contributed by atoms with E-state index >= 15 is 8.78 Å². The fraction of sp³-hybridized carbons (Fsp3) is 0.538. The third kappa shape index (κ3) is 7.15. The van der Waals surface area contributed by atoms with Crippen LogP contribution in [0.5, 0.6) is 11.5 Å². The van der Waals surface area contributed by atoms with Gasteiger partial charge in [-0.05, 0) is 171 Å². The lowest BCUT2D eigenvalue weighted by Gasteiger charge is -2.52. The lowest BCUT2D eigenvalue weighted by atomic mass is 9.53. The molecule has 0 amide bonds. The van der Waals surface area contributed by atoms with Crippen LogP contribution in [0.3, 0.4) is 0 Å². The minimum absolute atomic E-state index is 0.0760. The second kappa shape index (κ2) is 16.9. The molecule has 4 fully saturated rings. The first kappa shape index (κ1) is 43.2. The Hall–Kier alpha value is -4.86. The number of nitrogens with zero attached hydrogens (tertiary/aromatic N) is 2. The largest absolute Gasteiger partial charge is 0.497 e. The zero-order valence-corrected chi connectivity index (χ0v) is 35.9. The molecule has 9 rings (SSSR count). The second-order valence-corrected chi connectivity index (χ2v) is 18.4. The molecule has 6 nitrogen and oxygen atoms in total. The van der Waals surface area contributed by atoms with Gasteiger partial charge in [0.1, 0.15) is 22.7 Å². The second-order valence-electron chi connectivity index (χ2n) is 18.4. The summed E-state index contributed by atoms with van der Waals surface area (Å²) in [7, 11) is 3.41. The van der Waals surface area contributed by atoms with Gasteiger partial charge in [0.2, 0.25) is 0 Å². The van der Waals surface area contributed by atoms with Gasteiger partial charge in [0.15, 0.2) is 11.6 Å². The van der Waals surface area contributed by atoms with E-state index in [2.05, 4.69) is 73.9 Å². The predicted molar refractivity (Wildman–Crippen MR) is 228 cm³/mol. The highest BCUT2D eigenvalue weighted by molar-refractivity contribution is 5.48. The van der Waals surface area contributed by atoms with Gasteiger partial charge in [-0.15, -0.1) is 0 Å². The van der Waals surface area contributed by atoms with Crippen molar-refractivity contribution in [1.29, 1.82) is 10.5 Å². The number of halogens is 2. The van der Waals surface area contributed by atoms with E-state index in [1.165, 1.54) is 48.2 Å². The van der Waals surface area contributed by atoms with E-state index in [-0.39, 0.29) is 11.1 Å². The van der Waals surface area contributed by atoms with Gasteiger partial charge in [-0.2, -0.15) is 10.5 Å². The number of hydrogen-bond acceptors (Lipinski definition) is 6. The number of aliphatic hydroxyl groups is 2. The van der Waals surface area contributed by atoms with Gasteiger partial charge in [-0.25, -0.2) is 8.78 Å². The van der Waals surface area contributed by atoms with E-state index in [1.54, 1.807) is 26.4 Å². The molecule has 0 bridgehead atoms. The number of benzene rings is 3. The number of ether oxygens (including phenoxy) is 2. The predicted octanol–water partition coefficient (Wildman–Crippen LogP) is 10.3. The SMILES string of the molecule is CC#N.CC#N.COc1ccc2c(c1)CC[C@@H]1[C@@H]2CC[C@@]2(C)[C@H]1CC[C@@]2(O)C#Cc1ccc(C#C[C@]2(O)CC[C@H]3[C@@H]4CCc5cc(OC)ccc5[C@H]4CC[C@@]32C)c(F)c1F. The highest BCUT2D eigenvalue weighted by Gasteiger charge is 2.62. The molecule has 0 aliphatic heterocycles. The van der Waals surface area contributed by atoms with Crippen LogP contribution in [0.4, 0.5) is 8.78 Å². The summed E-state index contributed by atoms with van der Waals surface area (Å²) < 4.78 is 42.4. The number of aryl methyl sites for hydroxylation is 2. The molecule has 8 heteroatoms. The van der Waals surface area contributed by atoms with Crippen LogP contribution in [-0.4, -0.2) is 35.6 Å². The molecular weight excluding hydrogens is 755 g/mol. The van der Waals surface area contributed by atoms with Crippen LogP contribution >= 0.6 is 0 Å². The zero-order chi connectivity index (χ0) is 43.0. The minimum Gasteiger partial charge on any atom is -0.497 e. The van der Waals surface area contributed by atoms with E-state index in [0.717, 1.165) is 75.7 Å². The quantitative estimate of drug-likeness (QED) is 0.250. The molecule has 0 spiro atoms. The fourth-order valence-electron chi connectivity index (χ4n) is 12.9. The monoisotopic (exact) mass is 812 g/mol. The molecule has 3 aromatic carbocycles. The number of rotatable bonds is 2.